The molecule has 1 fully saturated rings. The topological polar surface area (TPSA) is 182 Å². The van der Waals surface area contributed by atoms with E-state index in [4.69, 9.17) is 5.73 Å². The number of ketones is 2. The molecule has 32 heavy (non-hydrogen) atoms. The van der Waals surface area contributed by atoms with Gasteiger partial charge in [-0.15, -0.1) is 0 Å². The Morgan fingerprint density at radius 3 is 2.34 bits per heavy atom. The van der Waals surface area contributed by atoms with Crippen molar-refractivity contribution in [2.24, 2.45) is 17.6 Å². The molecule has 4 rings (SSSR count). The van der Waals surface area contributed by atoms with Gasteiger partial charge in [0.05, 0.1) is 23.6 Å². The van der Waals surface area contributed by atoms with Gasteiger partial charge >= 0.3 is 0 Å². The monoisotopic (exact) mass is 444 g/mol. The second-order valence-corrected chi connectivity index (χ2v) is 8.79. The number of rotatable bonds is 2. The van der Waals surface area contributed by atoms with Gasteiger partial charge < -0.3 is 31.3 Å². The molecule has 3 aliphatic carbocycles. The van der Waals surface area contributed by atoms with E-state index in [1.165, 1.54) is 25.1 Å². The number of fused-ring (bicyclic) bond motifs is 3. The summed E-state index contributed by atoms with van der Waals surface area (Å²) in [6.45, 7) is 1.68. The van der Waals surface area contributed by atoms with Crippen LogP contribution in [0.25, 0.3) is 5.76 Å². The van der Waals surface area contributed by atoms with Crippen molar-refractivity contribution < 1.29 is 39.9 Å². The van der Waals surface area contributed by atoms with Crippen LogP contribution < -0.4 is 5.73 Å². The van der Waals surface area contributed by atoms with E-state index in [0.717, 1.165) is 0 Å². The highest BCUT2D eigenvalue weighted by Gasteiger charge is 2.68. The molecule has 4 unspecified atom stereocenters. The molecule has 0 aromatic heterocycles. The van der Waals surface area contributed by atoms with Crippen LogP contribution in [0.15, 0.2) is 35.1 Å². The first-order valence-corrected chi connectivity index (χ1v) is 10.0. The minimum absolute atomic E-state index is 0.0245. The number of amides is 1. The number of hydrogen-bond acceptors (Lipinski definition) is 9. The van der Waals surface area contributed by atoms with Gasteiger partial charge in [0.25, 0.3) is 5.91 Å². The lowest BCUT2D eigenvalue weighted by atomic mass is 9.54. The summed E-state index contributed by atoms with van der Waals surface area (Å²) in [5.41, 5.74) is 1.47. The number of carbonyl (C=O) groups excluding carboxylic acids is 3. The highest BCUT2D eigenvalue weighted by molar-refractivity contribution is 6.24. The highest BCUT2D eigenvalue weighted by atomic mass is 16.4. The second kappa shape index (κ2) is 6.89. The van der Waals surface area contributed by atoms with Crippen LogP contribution in [0.5, 0.6) is 5.75 Å². The molecule has 0 heterocycles. The van der Waals surface area contributed by atoms with Crippen molar-refractivity contribution in [2.45, 2.75) is 30.6 Å². The number of primary amides is 1. The van der Waals surface area contributed by atoms with E-state index in [1.807, 2.05) is 0 Å². The number of aromatic hydroxyl groups is 1. The molecule has 0 spiro atoms. The van der Waals surface area contributed by atoms with Gasteiger partial charge in [-0.1, -0.05) is 19.1 Å². The number of carbonyl (C=O) groups is 3. The molecule has 10 heteroatoms. The number of phenols is 1. The number of aliphatic hydroxyl groups is 4. The molecule has 1 aromatic carbocycles. The molecule has 1 amide bonds. The van der Waals surface area contributed by atoms with Crippen molar-refractivity contribution in [3.63, 3.8) is 0 Å². The van der Waals surface area contributed by atoms with Crippen LogP contribution in [-0.2, 0) is 14.4 Å². The van der Waals surface area contributed by atoms with Crippen LogP contribution in [0.3, 0.4) is 0 Å². The van der Waals surface area contributed by atoms with Crippen LogP contribution in [0.4, 0.5) is 0 Å². The average Bonchev–Trinajstić information content (AvgIpc) is 2.70. The van der Waals surface area contributed by atoms with E-state index < -0.39 is 75.6 Å². The number of hydrogen-bond donors (Lipinski definition) is 6. The molecule has 0 aliphatic heterocycles. The molecular formula is C22H24N2O8. The zero-order valence-electron chi connectivity index (χ0n) is 17.6. The quantitative estimate of drug-likeness (QED) is 0.327. The maximum absolute atomic E-state index is 13.7. The fourth-order valence-electron chi connectivity index (χ4n) is 5.58. The molecule has 0 bridgehead atoms. The lowest BCUT2D eigenvalue weighted by Crippen LogP contribution is -2.70. The Morgan fingerprint density at radius 1 is 1.16 bits per heavy atom. The lowest BCUT2D eigenvalue weighted by Gasteiger charge is -2.53. The first kappa shape index (κ1) is 22.0. The van der Waals surface area contributed by atoms with Crippen molar-refractivity contribution in [3.8, 4) is 5.75 Å². The Balaban J connectivity index is 2.07. The van der Waals surface area contributed by atoms with E-state index >= 15 is 0 Å². The molecule has 7 N–H and O–H groups in total. The molecule has 6 atom stereocenters. The number of benzene rings is 1. The van der Waals surface area contributed by atoms with Crippen molar-refractivity contribution in [1.29, 1.82) is 0 Å². The SMILES string of the molecule is CC1c2cccc(O)c2C(O)=C2C(=O)C3(O)C(O)=C(C(N)=O)C(=O)C(N(C)C)[C@@H]3C(O)[C@@H]21. The van der Waals surface area contributed by atoms with E-state index in [1.54, 1.807) is 19.1 Å². The number of aliphatic hydroxyl groups excluding tert-OH is 3. The zero-order valence-corrected chi connectivity index (χ0v) is 17.6. The summed E-state index contributed by atoms with van der Waals surface area (Å²) in [4.78, 5) is 40.0. The Hall–Kier alpha value is -3.21. The van der Waals surface area contributed by atoms with Gasteiger partial charge in [-0.3, -0.25) is 19.3 Å². The highest BCUT2D eigenvalue weighted by Crippen LogP contribution is 2.55. The molecular weight excluding hydrogens is 420 g/mol. The smallest absolute Gasteiger partial charge is 0.255 e. The third-order valence-electron chi connectivity index (χ3n) is 6.99. The van der Waals surface area contributed by atoms with Crippen molar-refractivity contribution in [3.05, 3.63) is 46.2 Å². The van der Waals surface area contributed by atoms with Gasteiger partial charge in [0.15, 0.2) is 11.4 Å². The minimum Gasteiger partial charge on any atom is -0.508 e. The number of likely N-dealkylation sites (N-methyl/N-ethyl adjacent to an activating group) is 1. The summed E-state index contributed by atoms with van der Waals surface area (Å²) in [7, 11) is 2.92. The summed E-state index contributed by atoms with van der Waals surface area (Å²) in [5.74, 6) is -8.87. The Kier molecular flexibility index (Phi) is 4.74. The summed E-state index contributed by atoms with van der Waals surface area (Å²) in [5, 5.41) is 54.9. The van der Waals surface area contributed by atoms with Gasteiger partial charge in [-0.2, -0.15) is 0 Å². The first-order chi connectivity index (χ1) is 14.9. The summed E-state index contributed by atoms with van der Waals surface area (Å²) in [6.07, 6.45) is -1.59. The van der Waals surface area contributed by atoms with Gasteiger partial charge in [0, 0.05) is 11.5 Å². The summed E-state index contributed by atoms with van der Waals surface area (Å²) < 4.78 is 0. The standard InChI is InChI=1S/C22H24N2O8/c1-7-8-5-4-6-9(25)11(8)16(26)12-10(7)17(27)14-15(24(2)3)18(28)13(21(23)31)20(30)22(14,32)19(12)29/h4-7,10,14-15,17,25-27,30,32H,1-3H3,(H2,23,31)/t7?,10-,14-,15?,17?,22?/m1/s1. The number of phenolic OH excluding ortho intramolecular Hbond substituents is 1. The molecule has 1 aromatic rings. The second-order valence-electron chi connectivity index (χ2n) is 8.79. The van der Waals surface area contributed by atoms with Crippen molar-refractivity contribution in [2.75, 3.05) is 14.1 Å². The van der Waals surface area contributed by atoms with Gasteiger partial charge in [0.2, 0.25) is 5.78 Å². The fraction of sp³-hybridized carbons (Fsp3) is 0.409. The number of Topliss-reactive ketones (excluding diaryl/α,β-unsaturated/α-hetero) is 2. The third kappa shape index (κ3) is 2.48. The lowest BCUT2D eigenvalue weighted by molar-refractivity contribution is -0.169. The van der Waals surface area contributed by atoms with Crippen molar-refractivity contribution in [1.82, 2.24) is 4.90 Å². The predicted octanol–water partition coefficient (Wildman–Crippen LogP) is -0.504. The summed E-state index contributed by atoms with van der Waals surface area (Å²) in [6, 6.07) is 3.13. The zero-order chi connectivity index (χ0) is 23.9. The minimum atomic E-state index is -2.89. The number of nitrogens with two attached hydrogens (primary N) is 1. The van der Waals surface area contributed by atoms with Gasteiger partial charge in [0.1, 0.15) is 22.8 Å². The van der Waals surface area contributed by atoms with Crippen molar-refractivity contribution >= 4 is 23.2 Å². The van der Waals surface area contributed by atoms with Crippen LogP contribution in [-0.4, -0.2) is 79.7 Å². The van der Waals surface area contributed by atoms with Crippen LogP contribution in [0, 0.1) is 11.8 Å². The van der Waals surface area contributed by atoms with E-state index in [9.17, 15) is 39.9 Å². The molecule has 1 saturated carbocycles. The van der Waals surface area contributed by atoms with Crippen LogP contribution in [0.1, 0.15) is 24.0 Å². The Morgan fingerprint density at radius 2 is 1.78 bits per heavy atom. The summed E-state index contributed by atoms with van der Waals surface area (Å²) >= 11 is 0. The molecule has 10 nitrogen and oxygen atoms in total. The molecule has 170 valence electrons. The maximum atomic E-state index is 13.7. The van der Waals surface area contributed by atoms with Gasteiger partial charge in [-0.05, 0) is 31.6 Å². The predicted molar refractivity (Wildman–Crippen MR) is 110 cm³/mol. The Bertz CT molecular complexity index is 1140. The Labute approximate surface area is 182 Å². The fourth-order valence-corrected chi connectivity index (χ4v) is 5.58. The average molecular weight is 444 g/mol. The van der Waals surface area contributed by atoms with Gasteiger partial charge in [-0.25, -0.2) is 0 Å². The first-order valence-electron chi connectivity index (χ1n) is 10.0. The molecule has 0 radical (unpaired) electrons. The van der Waals surface area contributed by atoms with E-state index in [-0.39, 0.29) is 11.3 Å². The van der Waals surface area contributed by atoms with E-state index in [0.29, 0.717) is 5.56 Å². The molecule has 3 aliphatic rings. The normalized spacial score (nSPS) is 34.4. The molecule has 0 saturated heterocycles. The van der Waals surface area contributed by atoms with E-state index in [2.05, 4.69) is 0 Å². The largest absolute Gasteiger partial charge is 0.508 e. The van der Waals surface area contributed by atoms with Crippen LogP contribution in [0.2, 0.25) is 0 Å². The maximum Gasteiger partial charge on any atom is 0.255 e. The van der Waals surface area contributed by atoms with Crippen LogP contribution >= 0.6 is 0 Å². The number of nitrogens with zero attached hydrogens (tertiary/aromatic N) is 1. The third-order valence-corrected chi connectivity index (χ3v) is 6.99.